The Morgan fingerprint density at radius 3 is 2.57 bits per heavy atom. The molecule has 0 saturated carbocycles. The van der Waals surface area contributed by atoms with E-state index in [0.29, 0.717) is 0 Å². The van der Waals surface area contributed by atoms with E-state index in [1.54, 1.807) is 0 Å². The van der Waals surface area contributed by atoms with Crippen molar-refractivity contribution in [2.45, 2.75) is 4.90 Å². The quantitative estimate of drug-likeness (QED) is 0.541. The van der Waals surface area contributed by atoms with Gasteiger partial charge in [-0.1, -0.05) is 11.6 Å². The molecule has 0 aliphatic heterocycles. The smallest absolute Gasteiger partial charge is 0.106 e. The molecule has 0 fully saturated rings. The highest BCUT2D eigenvalue weighted by Crippen LogP contribution is 2.24. The lowest BCUT2D eigenvalue weighted by Crippen LogP contribution is -1.45. The molecule has 0 saturated heterocycles. The summed E-state index contributed by atoms with van der Waals surface area (Å²) in [5.41, 5.74) is 0. The van der Waals surface area contributed by atoms with Gasteiger partial charge in [0.25, 0.3) is 0 Å². The third-order valence-corrected chi connectivity index (χ3v) is 2.42. The highest BCUT2D eigenvalue weighted by molar-refractivity contribution is 7.80. The van der Waals surface area contributed by atoms with E-state index in [9.17, 15) is 0 Å². The Morgan fingerprint density at radius 1 is 1.71 bits per heavy atom. The Balaban J connectivity index is 3.12. The summed E-state index contributed by atoms with van der Waals surface area (Å²) in [4.78, 5) is 0.867. The van der Waals surface area contributed by atoms with Gasteiger partial charge in [-0.25, -0.2) is 0 Å². The maximum absolute atomic E-state index is 5.57. The third kappa shape index (κ3) is 1.12. The van der Waals surface area contributed by atoms with E-state index < -0.39 is 0 Å². The van der Waals surface area contributed by atoms with Gasteiger partial charge in [-0.2, -0.15) is 0 Å². The first-order chi connectivity index (χ1) is 3.30. The van der Waals surface area contributed by atoms with Crippen molar-refractivity contribution in [2.24, 2.45) is 0 Å². The highest BCUT2D eigenvalue weighted by atomic mass is 35.5. The molecule has 1 heterocycles. The van der Waals surface area contributed by atoms with Crippen molar-refractivity contribution in [1.82, 2.24) is 0 Å². The summed E-state index contributed by atoms with van der Waals surface area (Å²) in [7, 11) is 0. The van der Waals surface area contributed by atoms with Crippen LogP contribution in [-0.4, -0.2) is 0 Å². The van der Waals surface area contributed by atoms with E-state index in [4.69, 9.17) is 11.6 Å². The van der Waals surface area contributed by atoms with Crippen molar-refractivity contribution in [3.05, 3.63) is 15.8 Å². The van der Waals surface area contributed by atoms with Crippen LogP contribution in [0, 0.1) is 0 Å². The van der Waals surface area contributed by atoms with Crippen LogP contribution >= 0.6 is 35.6 Å². The first kappa shape index (κ1) is 5.48. The molecular formula is C4H3ClS2. The molecule has 0 aliphatic carbocycles. The van der Waals surface area contributed by atoms with Gasteiger partial charge in [-0.05, 0) is 11.4 Å². The lowest BCUT2D eigenvalue weighted by Gasteiger charge is -1.75. The molecule has 1 rings (SSSR count). The molecule has 0 aromatic carbocycles. The Kier molecular flexibility index (Phi) is 1.62. The largest absolute Gasteiger partial charge is 0.141 e. The van der Waals surface area contributed by atoms with Gasteiger partial charge in [0.15, 0.2) is 0 Å². The van der Waals surface area contributed by atoms with Gasteiger partial charge in [-0.15, -0.1) is 24.0 Å². The average Bonchev–Trinajstić information content (AvgIpc) is 1.91. The monoisotopic (exact) mass is 150 g/mol. The van der Waals surface area contributed by atoms with Crippen LogP contribution in [0.5, 0.6) is 0 Å². The van der Waals surface area contributed by atoms with Crippen LogP contribution in [0.2, 0.25) is 4.34 Å². The molecule has 0 atom stereocenters. The van der Waals surface area contributed by atoms with E-state index in [2.05, 4.69) is 12.6 Å². The number of thiophene rings is 1. The number of rotatable bonds is 0. The van der Waals surface area contributed by atoms with Crippen LogP contribution in [0.4, 0.5) is 0 Å². The average molecular weight is 151 g/mol. The minimum Gasteiger partial charge on any atom is -0.141 e. The maximum Gasteiger partial charge on any atom is 0.106 e. The summed E-state index contributed by atoms with van der Waals surface area (Å²) in [6.45, 7) is 0. The van der Waals surface area contributed by atoms with Gasteiger partial charge in [0.1, 0.15) is 4.34 Å². The molecule has 1 aromatic rings. The summed E-state index contributed by atoms with van der Waals surface area (Å²) in [5.74, 6) is 0. The SMILES string of the molecule is Sc1ccsc1Cl. The van der Waals surface area contributed by atoms with Gasteiger partial charge < -0.3 is 0 Å². The van der Waals surface area contributed by atoms with Gasteiger partial charge in [-0.3, -0.25) is 0 Å². The highest BCUT2D eigenvalue weighted by Gasteiger charge is 1.91. The standard InChI is InChI=1S/C4H3ClS2/c5-4-3(6)1-2-7-4/h1-2,6H. The first-order valence-electron chi connectivity index (χ1n) is 1.72. The summed E-state index contributed by atoms with van der Waals surface area (Å²) < 4.78 is 0.767. The number of thiol groups is 1. The zero-order valence-corrected chi connectivity index (χ0v) is 5.85. The Bertz CT molecular complexity index is 142. The third-order valence-electron chi connectivity index (χ3n) is 0.599. The van der Waals surface area contributed by atoms with Crippen molar-refractivity contribution < 1.29 is 0 Å². The molecule has 0 amide bonds. The van der Waals surface area contributed by atoms with Crippen molar-refractivity contribution in [2.75, 3.05) is 0 Å². The second-order valence-electron chi connectivity index (χ2n) is 1.08. The fraction of sp³-hybridized carbons (Fsp3) is 0. The van der Waals surface area contributed by atoms with Crippen molar-refractivity contribution in [1.29, 1.82) is 0 Å². The van der Waals surface area contributed by atoms with E-state index in [1.165, 1.54) is 11.3 Å². The molecule has 0 bridgehead atoms. The Morgan fingerprint density at radius 2 is 2.43 bits per heavy atom. The van der Waals surface area contributed by atoms with Crippen molar-refractivity contribution >= 4 is 35.6 Å². The topological polar surface area (TPSA) is 0 Å². The molecule has 7 heavy (non-hydrogen) atoms. The fourth-order valence-corrected chi connectivity index (χ4v) is 1.35. The zero-order valence-electron chi connectivity index (χ0n) is 3.39. The van der Waals surface area contributed by atoms with Crippen LogP contribution in [-0.2, 0) is 0 Å². The fourth-order valence-electron chi connectivity index (χ4n) is 0.284. The van der Waals surface area contributed by atoms with Gasteiger partial charge in [0.05, 0.1) is 0 Å². The summed E-state index contributed by atoms with van der Waals surface area (Å²) in [6, 6.07) is 1.87. The summed E-state index contributed by atoms with van der Waals surface area (Å²) in [5, 5.41) is 1.91. The molecule has 0 nitrogen and oxygen atoms in total. The van der Waals surface area contributed by atoms with Crippen LogP contribution in [0.15, 0.2) is 16.3 Å². The van der Waals surface area contributed by atoms with Gasteiger partial charge in [0.2, 0.25) is 0 Å². The molecule has 0 spiro atoms. The Hall–Kier alpha value is 0.340. The van der Waals surface area contributed by atoms with Crippen molar-refractivity contribution in [3.63, 3.8) is 0 Å². The normalized spacial score (nSPS) is 9.43. The van der Waals surface area contributed by atoms with E-state index in [-0.39, 0.29) is 0 Å². The molecule has 0 N–H and O–H groups in total. The predicted molar refractivity (Wildman–Crippen MR) is 36.6 cm³/mol. The Labute approximate surface area is 56.5 Å². The molecular weight excluding hydrogens is 148 g/mol. The number of hydrogen-bond donors (Lipinski definition) is 1. The summed E-state index contributed by atoms with van der Waals surface area (Å²) in [6.07, 6.45) is 0. The zero-order chi connectivity index (χ0) is 5.28. The molecule has 1 aromatic heterocycles. The first-order valence-corrected chi connectivity index (χ1v) is 3.43. The van der Waals surface area contributed by atoms with E-state index >= 15 is 0 Å². The van der Waals surface area contributed by atoms with E-state index in [1.807, 2.05) is 11.4 Å². The van der Waals surface area contributed by atoms with E-state index in [0.717, 1.165) is 9.23 Å². The van der Waals surface area contributed by atoms with Crippen LogP contribution in [0.3, 0.4) is 0 Å². The minimum absolute atomic E-state index is 0.767. The van der Waals surface area contributed by atoms with Crippen LogP contribution in [0.25, 0.3) is 0 Å². The van der Waals surface area contributed by atoms with Crippen LogP contribution in [0.1, 0.15) is 0 Å². The molecule has 3 heteroatoms. The lowest BCUT2D eigenvalue weighted by atomic mass is 10.7. The minimum atomic E-state index is 0.767. The predicted octanol–water partition coefficient (Wildman–Crippen LogP) is 2.69. The van der Waals surface area contributed by atoms with Crippen LogP contribution < -0.4 is 0 Å². The number of hydrogen-bond acceptors (Lipinski definition) is 2. The van der Waals surface area contributed by atoms with Crippen molar-refractivity contribution in [3.8, 4) is 0 Å². The maximum atomic E-state index is 5.57. The molecule has 0 unspecified atom stereocenters. The van der Waals surface area contributed by atoms with Gasteiger partial charge in [0, 0.05) is 4.90 Å². The molecule has 38 valence electrons. The lowest BCUT2D eigenvalue weighted by molar-refractivity contribution is 1.62. The summed E-state index contributed by atoms with van der Waals surface area (Å²) >= 11 is 11.1. The second-order valence-corrected chi connectivity index (χ2v) is 3.08. The number of halogens is 1. The second kappa shape index (κ2) is 2.07. The van der Waals surface area contributed by atoms with Gasteiger partial charge >= 0.3 is 0 Å². The molecule has 0 aliphatic rings. The molecule has 0 radical (unpaired) electrons.